The summed E-state index contributed by atoms with van der Waals surface area (Å²) in [5.41, 5.74) is 0. The van der Waals surface area contributed by atoms with Crippen molar-refractivity contribution in [1.82, 2.24) is 10.6 Å². The molecule has 0 aromatic heterocycles. The number of urea groups is 1. The highest BCUT2D eigenvalue weighted by atomic mass is 16.4. The fourth-order valence-corrected chi connectivity index (χ4v) is 1.30. The fourth-order valence-electron chi connectivity index (χ4n) is 1.30. The van der Waals surface area contributed by atoms with Crippen LogP contribution < -0.4 is 10.6 Å². The van der Waals surface area contributed by atoms with Crippen LogP contribution in [-0.2, 0) is 4.79 Å². The van der Waals surface area contributed by atoms with Gasteiger partial charge in [0, 0.05) is 6.04 Å². The highest BCUT2D eigenvalue weighted by Crippen LogP contribution is 2.02. The topological polar surface area (TPSA) is 78.4 Å². The Labute approximate surface area is 96.6 Å². The summed E-state index contributed by atoms with van der Waals surface area (Å²) in [5.74, 6) is -1.03. The van der Waals surface area contributed by atoms with Crippen LogP contribution in [0.25, 0.3) is 0 Å². The number of amides is 2. The number of carboxylic acid groups (broad SMARTS) is 1. The van der Waals surface area contributed by atoms with E-state index in [1.54, 1.807) is 0 Å². The van der Waals surface area contributed by atoms with E-state index < -0.39 is 18.0 Å². The van der Waals surface area contributed by atoms with Crippen LogP contribution in [0.5, 0.6) is 0 Å². The van der Waals surface area contributed by atoms with Crippen molar-refractivity contribution in [3.8, 4) is 0 Å². The van der Waals surface area contributed by atoms with Gasteiger partial charge in [0.15, 0.2) is 0 Å². The summed E-state index contributed by atoms with van der Waals surface area (Å²) in [7, 11) is 0. The lowest BCUT2D eigenvalue weighted by atomic mass is 10.1. The van der Waals surface area contributed by atoms with Gasteiger partial charge in [-0.25, -0.2) is 4.79 Å². The quantitative estimate of drug-likeness (QED) is 0.583. The predicted octanol–water partition coefficient (Wildman–Crippen LogP) is 1.73. The van der Waals surface area contributed by atoms with Gasteiger partial charge in [0.1, 0.15) is 6.04 Å². The molecule has 0 saturated heterocycles. The van der Waals surface area contributed by atoms with Gasteiger partial charge >= 0.3 is 12.0 Å². The van der Waals surface area contributed by atoms with Crippen LogP contribution in [0.3, 0.4) is 0 Å². The molecule has 0 bridgehead atoms. The largest absolute Gasteiger partial charge is 0.480 e. The first kappa shape index (κ1) is 14.7. The van der Waals surface area contributed by atoms with Gasteiger partial charge in [-0.15, -0.1) is 0 Å². The minimum atomic E-state index is -1.03. The molecule has 0 saturated carbocycles. The molecular weight excluding hydrogens is 208 g/mol. The summed E-state index contributed by atoms with van der Waals surface area (Å²) in [5, 5.41) is 13.7. The van der Waals surface area contributed by atoms with Gasteiger partial charge in [-0.3, -0.25) is 4.79 Å². The number of rotatable bonds is 7. The van der Waals surface area contributed by atoms with Crippen molar-refractivity contribution < 1.29 is 14.7 Å². The normalized spacial score (nSPS) is 13.9. The van der Waals surface area contributed by atoms with Gasteiger partial charge < -0.3 is 15.7 Å². The van der Waals surface area contributed by atoms with Crippen molar-refractivity contribution in [3.63, 3.8) is 0 Å². The molecule has 2 atom stereocenters. The average molecular weight is 230 g/mol. The van der Waals surface area contributed by atoms with Gasteiger partial charge in [0.25, 0.3) is 0 Å². The van der Waals surface area contributed by atoms with E-state index in [2.05, 4.69) is 17.6 Å². The zero-order chi connectivity index (χ0) is 12.6. The van der Waals surface area contributed by atoms with Crippen molar-refractivity contribution in [3.05, 3.63) is 0 Å². The molecule has 1 unspecified atom stereocenters. The van der Waals surface area contributed by atoms with E-state index in [0.29, 0.717) is 0 Å². The second kappa shape index (κ2) is 7.96. The molecule has 0 radical (unpaired) electrons. The van der Waals surface area contributed by atoms with Gasteiger partial charge in [0.2, 0.25) is 0 Å². The monoisotopic (exact) mass is 230 g/mol. The van der Waals surface area contributed by atoms with Crippen LogP contribution in [-0.4, -0.2) is 29.2 Å². The molecule has 2 amide bonds. The van der Waals surface area contributed by atoms with E-state index in [-0.39, 0.29) is 6.04 Å². The van der Waals surface area contributed by atoms with Crippen LogP contribution in [0.2, 0.25) is 0 Å². The third-order valence-corrected chi connectivity index (χ3v) is 2.34. The van der Waals surface area contributed by atoms with Crippen molar-refractivity contribution in [1.29, 1.82) is 0 Å². The lowest BCUT2D eigenvalue weighted by Gasteiger charge is -2.16. The lowest BCUT2D eigenvalue weighted by molar-refractivity contribution is -0.138. The number of aliphatic carboxylic acids is 1. The molecular formula is C11H22N2O3. The minimum absolute atomic E-state index is 0.0764. The summed E-state index contributed by atoms with van der Waals surface area (Å²) < 4.78 is 0. The smallest absolute Gasteiger partial charge is 0.325 e. The van der Waals surface area contributed by atoms with Crippen LogP contribution in [0.15, 0.2) is 0 Å². The molecule has 0 aliphatic carbocycles. The number of hydrogen-bond acceptors (Lipinski definition) is 2. The van der Waals surface area contributed by atoms with Gasteiger partial charge in [-0.1, -0.05) is 26.2 Å². The van der Waals surface area contributed by atoms with Crippen molar-refractivity contribution in [2.24, 2.45) is 0 Å². The zero-order valence-electron chi connectivity index (χ0n) is 10.2. The molecule has 0 fully saturated rings. The molecule has 94 valence electrons. The van der Waals surface area contributed by atoms with Crippen molar-refractivity contribution >= 4 is 12.0 Å². The predicted molar refractivity (Wildman–Crippen MR) is 62.4 cm³/mol. The number of hydrogen-bond donors (Lipinski definition) is 3. The lowest BCUT2D eigenvalue weighted by Crippen LogP contribution is -2.47. The molecule has 0 spiro atoms. The van der Waals surface area contributed by atoms with Gasteiger partial charge in [-0.2, -0.15) is 0 Å². The molecule has 0 aromatic carbocycles. The molecule has 0 aliphatic rings. The highest BCUT2D eigenvalue weighted by Gasteiger charge is 2.14. The Hall–Kier alpha value is -1.26. The summed E-state index contributed by atoms with van der Waals surface area (Å²) in [6.45, 7) is 5.48. The summed E-state index contributed by atoms with van der Waals surface area (Å²) in [6.07, 6.45) is 4.29. The first-order valence-electron chi connectivity index (χ1n) is 5.77. The minimum Gasteiger partial charge on any atom is -0.480 e. The number of nitrogens with one attached hydrogen (secondary N) is 2. The summed E-state index contributed by atoms with van der Waals surface area (Å²) in [6, 6.07) is -1.20. The van der Waals surface area contributed by atoms with E-state index >= 15 is 0 Å². The zero-order valence-corrected chi connectivity index (χ0v) is 10.2. The SMILES string of the molecule is CCCCCC(C)NC(=O)N[C@@H](C)C(=O)O. The summed E-state index contributed by atoms with van der Waals surface area (Å²) in [4.78, 5) is 21.8. The third kappa shape index (κ3) is 7.09. The van der Waals surface area contributed by atoms with E-state index in [4.69, 9.17) is 5.11 Å². The maximum absolute atomic E-state index is 11.3. The van der Waals surface area contributed by atoms with Crippen LogP contribution >= 0.6 is 0 Å². The molecule has 0 aliphatic heterocycles. The Balaban J connectivity index is 3.73. The Kier molecular flexibility index (Phi) is 7.33. The number of carbonyl (C=O) groups is 2. The maximum atomic E-state index is 11.3. The van der Waals surface area contributed by atoms with Crippen molar-refractivity contribution in [2.75, 3.05) is 0 Å². The second-order valence-electron chi connectivity index (χ2n) is 4.07. The van der Waals surface area contributed by atoms with E-state index in [1.807, 2.05) is 6.92 Å². The molecule has 0 rings (SSSR count). The fraction of sp³-hybridized carbons (Fsp3) is 0.818. The number of carbonyl (C=O) groups excluding carboxylic acids is 1. The molecule has 5 heteroatoms. The van der Waals surface area contributed by atoms with Crippen LogP contribution in [0.4, 0.5) is 4.79 Å². The van der Waals surface area contributed by atoms with E-state index in [9.17, 15) is 9.59 Å². The first-order valence-corrected chi connectivity index (χ1v) is 5.77. The molecule has 16 heavy (non-hydrogen) atoms. The van der Waals surface area contributed by atoms with Crippen molar-refractivity contribution in [2.45, 2.75) is 58.5 Å². The number of carboxylic acids is 1. The summed E-state index contributed by atoms with van der Waals surface area (Å²) >= 11 is 0. The van der Waals surface area contributed by atoms with Crippen LogP contribution in [0, 0.1) is 0 Å². The average Bonchev–Trinajstić information content (AvgIpc) is 2.17. The van der Waals surface area contributed by atoms with E-state index in [0.717, 1.165) is 25.7 Å². The molecule has 0 aromatic rings. The second-order valence-corrected chi connectivity index (χ2v) is 4.07. The maximum Gasteiger partial charge on any atom is 0.325 e. The number of unbranched alkanes of at least 4 members (excludes halogenated alkanes) is 2. The van der Waals surface area contributed by atoms with Crippen LogP contribution in [0.1, 0.15) is 46.5 Å². The standard InChI is InChI=1S/C11H22N2O3/c1-4-5-6-7-8(2)12-11(16)13-9(3)10(14)15/h8-9H,4-7H2,1-3H3,(H,14,15)(H2,12,13,16)/t8?,9-/m0/s1. The van der Waals surface area contributed by atoms with E-state index in [1.165, 1.54) is 6.92 Å². The van der Waals surface area contributed by atoms with Gasteiger partial charge in [-0.05, 0) is 20.3 Å². The Bertz CT molecular complexity index is 231. The third-order valence-electron chi connectivity index (χ3n) is 2.34. The highest BCUT2D eigenvalue weighted by molar-refractivity contribution is 5.82. The molecule has 3 N–H and O–H groups in total. The Morgan fingerprint density at radius 2 is 1.81 bits per heavy atom. The molecule has 5 nitrogen and oxygen atoms in total. The molecule has 0 heterocycles. The first-order chi connectivity index (χ1) is 7.47. The van der Waals surface area contributed by atoms with Gasteiger partial charge in [0.05, 0.1) is 0 Å². The Morgan fingerprint density at radius 3 is 2.31 bits per heavy atom. The Morgan fingerprint density at radius 1 is 1.19 bits per heavy atom.